The number of benzene rings is 2. The number of hydrogen-bond donors (Lipinski definition) is 1. The zero-order valence-electron chi connectivity index (χ0n) is 13.9. The van der Waals surface area contributed by atoms with Gasteiger partial charge in [0.1, 0.15) is 5.75 Å². The van der Waals surface area contributed by atoms with E-state index in [1.807, 2.05) is 43.3 Å². The number of halogens is 1. The molecule has 0 saturated heterocycles. The van der Waals surface area contributed by atoms with Gasteiger partial charge in [0.2, 0.25) is 0 Å². The molecule has 0 aromatic heterocycles. The number of hydrazone groups is 1. The van der Waals surface area contributed by atoms with Crippen LogP contribution in [-0.2, 0) is 0 Å². The molecule has 0 aliphatic carbocycles. The topological polar surface area (TPSA) is 50.7 Å². The van der Waals surface area contributed by atoms with Crippen molar-refractivity contribution in [3.05, 3.63) is 64.1 Å². The smallest absolute Gasteiger partial charge is 0.271 e. The summed E-state index contributed by atoms with van der Waals surface area (Å²) in [4.78, 5) is 12.2. The molecule has 0 atom stereocenters. The molecular weight excluding hydrogens is 368 g/mol. The van der Waals surface area contributed by atoms with E-state index in [0.717, 1.165) is 34.3 Å². The molecule has 2 aromatic carbocycles. The highest BCUT2D eigenvalue weighted by Crippen LogP contribution is 2.15. The second kappa shape index (κ2) is 9.23. The molecule has 4 nitrogen and oxygen atoms in total. The molecule has 126 valence electrons. The number of carbonyl (C=O) groups is 1. The van der Waals surface area contributed by atoms with Crippen molar-refractivity contribution in [2.45, 2.75) is 26.7 Å². The van der Waals surface area contributed by atoms with Crippen LogP contribution in [0.2, 0.25) is 0 Å². The molecule has 1 N–H and O–H groups in total. The molecule has 0 heterocycles. The number of carbonyl (C=O) groups excluding carboxylic acids is 1. The SMILES string of the molecule is CCC/C(=N/NC(=O)c1ccc(Br)cc1)c1ccc(OCC)cc1. The van der Waals surface area contributed by atoms with Gasteiger partial charge in [-0.25, -0.2) is 5.43 Å². The minimum absolute atomic E-state index is 0.220. The first-order valence-corrected chi connectivity index (χ1v) is 8.79. The van der Waals surface area contributed by atoms with Gasteiger partial charge >= 0.3 is 0 Å². The highest BCUT2D eigenvalue weighted by Gasteiger charge is 2.07. The zero-order valence-corrected chi connectivity index (χ0v) is 15.5. The third kappa shape index (κ3) is 5.20. The van der Waals surface area contributed by atoms with Crippen LogP contribution >= 0.6 is 15.9 Å². The molecular formula is C19H21BrN2O2. The summed E-state index contributed by atoms with van der Waals surface area (Å²) in [6, 6.07) is 14.9. The van der Waals surface area contributed by atoms with E-state index in [9.17, 15) is 4.79 Å². The van der Waals surface area contributed by atoms with Crippen LogP contribution in [0, 0.1) is 0 Å². The standard InChI is InChI=1S/C19H21BrN2O2/c1-3-5-18(14-8-12-17(13-9-14)24-4-2)21-22-19(23)15-6-10-16(20)11-7-15/h6-13H,3-5H2,1-2H3,(H,22,23)/b21-18-. The average molecular weight is 389 g/mol. The lowest BCUT2D eigenvalue weighted by Gasteiger charge is -2.08. The fourth-order valence-electron chi connectivity index (χ4n) is 2.20. The van der Waals surface area contributed by atoms with E-state index in [1.165, 1.54) is 0 Å². The lowest BCUT2D eigenvalue weighted by atomic mass is 10.1. The molecule has 0 radical (unpaired) electrons. The van der Waals surface area contributed by atoms with E-state index >= 15 is 0 Å². The molecule has 0 spiro atoms. The summed E-state index contributed by atoms with van der Waals surface area (Å²) in [5.74, 6) is 0.609. The normalized spacial score (nSPS) is 11.2. The Morgan fingerprint density at radius 2 is 1.67 bits per heavy atom. The number of hydrogen-bond acceptors (Lipinski definition) is 3. The molecule has 0 aliphatic heterocycles. The average Bonchev–Trinajstić information content (AvgIpc) is 2.60. The Bertz CT molecular complexity index is 694. The molecule has 2 aromatic rings. The molecule has 0 fully saturated rings. The minimum atomic E-state index is -0.220. The summed E-state index contributed by atoms with van der Waals surface area (Å²) in [5, 5.41) is 4.32. The van der Waals surface area contributed by atoms with Gasteiger partial charge in [0.15, 0.2) is 0 Å². The number of ether oxygens (including phenoxy) is 1. The van der Waals surface area contributed by atoms with Gasteiger partial charge < -0.3 is 4.74 Å². The largest absolute Gasteiger partial charge is 0.494 e. The quantitative estimate of drug-likeness (QED) is 0.547. The Kier molecular flexibility index (Phi) is 7.00. The first-order valence-electron chi connectivity index (χ1n) is 7.99. The van der Waals surface area contributed by atoms with Crippen molar-refractivity contribution in [3.63, 3.8) is 0 Å². The molecule has 24 heavy (non-hydrogen) atoms. The second-order valence-electron chi connectivity index (χ2n) is 5.21. The number of nitrogens with one attached hydrogen (secondary N) is 1. The summed E-state index contributed by atoms with van der Waals surface area (Å²) >= 11 is 3.36. The highest BCUT2D eigenvalue weighted by molar-refractivity contribution is 9.10. The lowest BCUT2D eigenvalue weighted by Crippen LogP contribution is -2.20. The third-order valence-electron chi connectivity index (χ3n) is 3.38. The predicted octanol–water partition coefficient (Wildman–Crippen LogP) is 4.78. The van der Waals surface area contributed by atoms with Crippen molar-refractivity contribution >= 4 is 27.5 Å². The molecule has 0 bridgehead atoms. The van der Waals surface area contributed by atoms with Crippen molar-refractivity contribution in [1.29, 1.82) is 0 Å². The first-order chi connectivity index (χ1) is 11.6. The van der Waals surface area contributed by atoms with Crippen molar-refractivity contribution in [1.82, 2.24) is 5.43 Å². The van der Waals surface area contributed by atoms with Gasteiger partial charge in [-0.15, -0.1) is 0 Å². The van der Waals surface area contributed by atoms with Gasteiger partial charge in [-0.3, -0.25) is 4.79 Å². The summed E-state index contributed by atoms with van der Waals surface area (Å²) in [5.41, 5.74) is 5.05. The summed E-state index contributed by atoms with van der Waals surface area (Å²) in [7, 11) is 0. The maximum atomic E-state index is 12.2. The fourth-order valence-corrected chi connectivity index (χ4v) is 2.46. The Labute approximate surface area is 151 Å². The lowest BCUT2D eigenvalue weighted by molar-refractivity contribution is 0.0954. The van der Waals surface area contributed by atoms with Gasteiger partial charge in [-0.1, -0.05) is 29.3 Å². The van der Waals surface area contributed by atoms with Crippen LogP contribution in [0.1, 0.15) is 42.6 Å². The van der Waals surface area contributed by atoms with E-state index in [0.29, 0.717) is 12.2 Å². The molecule has 5 heteroatoms. The summed E-state index contributed by atoms with van der Waals surface area (Å²) < 4.78 is 6.39. The maximum Gasteiger partial charge on any atom is 0.271 e. The van der Waals surface area contributed by atoms with Crippen LogP contribution in [0.25, 0.3) is 0 Å². The number of nitrogens with zero attached hydrogens (tertiary/aromatic N) is 1. The van der Waals surface area contributed by atoms with Crippen molar-refractivity contribution in [2.75, 3.05) is 6.61 Å². The van der Waals surface area contributed by atoms with E-state index in [1.54, 1.807) is 12.1 Å². The van der Waals surface area contributed by atoms with Crippen LogP contribution in [0.4, 0.5) is 0 Å². The Morgan fingerprint density at radius 3 is 2.25 bits per heavy atom. The van der Waals surface area contributed by atoms with E-state index < -0.39 is 0 Å². The van der Waals surface area contributed by atoms with Gasteiger partial charge in [0, 0.05) is 10.0 Å². The Balaban J connectivity index is 2.12. The van der Waals surface area contributed by atoms with E-state index in [4.69, 9.17) is 4.74 Å². The van der Waals surface area contributed by atoms with Crippen LogP contribution in [0.5, 0.6) is 5.75 Å². The van der Waals surface area contributed by atoms with Gasteiger partial charge in [0.25, 0.3) is 5.91 Å². The molecule has 0 unspecified atom stereocenters. The zero-order chi connectivity index (χ0) is 17.4. The molecule has 0 aliphatic rings. The van der Waals surface area contributed by atoms with Gasteiger partial charge in [0.05, 0.1) is 12.3 Å². The van der Waals surface area contributed by atoms with E-state index in [2.05, 4.69) is 33.4 Å². The van der Waals surface area contributed by atoms with Crippen molar-refractivity contribution in [3.8, 4) is 5.75 Å². The number of rotatable bonds is 7. The van der Waals surface area contributed by atoms with Gasteiger partial charge in [-0.05, 0) is 67.4 Å². The third-order valence-corrected chi connectivity index (χ3v) is 3.91. The number of amides is 1. The monoisotopic (exact) mass is 388 g/mol. The Morgan fingerprint density at radius 1 is 1.04 bits per heavy atom. The van der Waals surface area contributed by atoms with Crippen LogP contribution in [-0.4, -0.2) is 18.2 Å². The Hall–Kier alpha value is -2.14. The predicted molar refractivity (Wildman–Crippen MR) is 101 cm³/mol. The second-order valence-corrected chi connectivity index (χ2v) is 6.13. The molecule has 2 rings (SSSR count). The van der Waals surface area contributed by atoms with E-state index in [-0.39, 0.29) is 5.91 Å². The molecule has 1 amide bonds. The first kappa shape index (κ1) is 18.2. The highest BCUT2D eigenvalue weighted by atomic mass is 79.9. The fraction of sp³-hybridized carbons (Fsp3) is 0.263. The maximum absolute atomic E-state index is 12.2. The van der Waals surface area contributed by atoms with Crippen molar-refractivity contribution in [2.24, 2.45) is 5.10 Å². The van der Waals surface area contributed by atoms with Gasteiger partial charge in [-0.2, -0.15) is 5.10 Å². The molecule has 0 saturated carbocycles. The summed E-state index contributed by atoms with van der Waals surface area (Å²) in [6.07, 6.45) is 1.73. The minimum Gasteiger partial charge on any atom is -0.494 e. The van der Waals surface area contributed by atoms with Crippen molar-refractivity contribution < 1.29 is 9.53 Å². The summed E-state index contributed by atoms with van der Waals surface area (Å²) in [6.45, 7) is 4.68. The van der Waals surface area contributed by atoms with Crippen LogP contribution in [0.3, 0.4) is 0 Å². The van der Waals surface area contributed by atoms with Crippen LogP contribution < -0.4 is 10.2 Å². The van der Waals surface area contributed by atoms with Crippen LogP contribution in [0.15, 0.2) is 58.1 Å².